The quantitative estimate of drug-likeness (QED) is 0.861. The summed E-state index contributed by atoms with van der Waals surface area (Å²) in [5.41, 5.74) is 1.99. The van der Waals surface area contributed by atoms with Crippen LogP contribution in [0.3, 0.4) is 0 Å². The average Bonchev–Trinajstić information content (AvgIpc) is 2.40. The molecule has 0 radical (unpaired) electrons. The Labute approximate surface area is 126 Å². The van der Waals surface area contributed by atoms with Crippen LogP contribution in [0.15, 0.2) is 24.3 Å². The number of anilines is 1. The molecule has 0 aliphatic carbocycles. The van der Waals surface area contributed by atoms with Crippen molar-refractivity contribution in [1.29, 1.82) is 0 Å². The largest absolute Gasteiger partial charge is 0.326 e. The molecule has 2 rings (SSSR count). The predicted octanol–water partition coefficient (Wildman–Crippen LogP) is 1.35. The lowest BCUT2D eigenvalue weighted by molar-refractivity contribution is -0.116. The van der Waals surface area contributed by atoms with Crippen LogP contribution in [0.25, 0.3) is 0 Å². The first-order valence-electron chi connectivity index (χ1n) is 7.31. The highest BCUT2D eigenvalue weighted by atomic mass is 32.2. The summed E-state index contributed by atoms with van der Waals surface area (Å²) >= 11 is 0. The van der Waals surface area contributed by atoms with Crippen LogP contribution in [0.5, 0.6) is 0 Å². The van der Waals surface area contributed by atoms with E-state index in [1.54, 1.807) is 0 Å². The van der Waals surface area contributed by atoms with E-state index in [4.69, 9.17) is 0 Å². The second-order valence-corrected chi connectivity index (χ2v) is 7.69. The second-order valence-electron chi connectivity index (χ2n) is 5.46. The number of carbonyl (C=O) groups is 1. The average molecular weight is 310 g/mol. The molecule has 116 valence electrons. The lowest BCUT2D eigenvalue weighted by Gasteiger charge is -2.23. The highest BCUT2D eigenvalue weighted by molar-refractivity contribution is 7.91. The normalized spacial score (nSPS) is 20.9. The topological polar surface area (TPSA) is 75.3 Å². The van der Waals surface area contributed by atoms with Gasteiger partial charge in [-0.3, -0.25) is 4.79 Å². The summed E-state index contributed by atoms with van der Waals surface area (Å²) in [6.45, 7) is 2.55. The minimum Gasteiger partial charge on any atom is -0.326 e. The molecule has 1 saturated heterocycles. The van der Waals surface area contributed by atoms with Crippen molar-refractivity contribution in [3.8, 4) is 0 Å². The Kier molecular flexibility index (Phi) is 5.36. The molecular formula is C15H22N2O3S. The van der Waals surface area contributed by atoms with Gasteiger partial charge in [-0.05, 0) is 24.1 Å². The lowest BCUT2D eigenvalue weighted by Crippen LogP contribution is -2.46. The van der Waals surface area contributed by atoms with E-state index in [0.29, 0.717) is 6.54 Å². The molecule has 1 aliphatic heterocycles. The molecule has 1 aliphatic rings. The summed E-state index contributed by atoms with van der Waals surface area (Å²) < 4.78 is 23.1. The van der Waals surface area contributed by atoms with Crippen molar-refractivity contribution in [2.45, 2.75) is 32.2 Å². The van der Waals surface area contributed by atoms with E-state index < -0.39 is 9.84 Å². The number of nitrogens with one attached hydrogen (secondary N) is 2. The van der Waals surface area contributed by atoms with Gasteiger partial charge >= 0.3 is 0 Å². The molecule has 1 heterocycles. The molecule has 0 saturated carbocycles. The molecule has 0 bridgehead atoms. The molecule has 6 heteroatoms. The number of amides is 1. The van der Waals surface area contributed by atoms with Crippen LogP contribution in [0.4, 0.5) is 5.69 Å². The van der Waals surface area contributed by atoms with Gasteiger partial charge in [0.05, 0.1) is 11.5 Å². The SMILES string of the molecule is CCCc1ccc(NC(=O)CC2CS(=O)(=O)CCN2)cc1. The molecule has 1 atom stereocenters. The Hall–Kier alpha value is -1.40. The maximum absolute atomic E-state index is 12.0. The standard InChI is InChI=1S/C15H22N2O3S/c1-2-3-12-4-6-13(7-5-12)17-15(18)10-14-11-21(19,20)9-8-16-14/h4-7,14,16H,2-3,8-11H2,1H3,(H,17,18). The fraction of sp³-hybridized carbons (Fsp3) is 0.533. The zero-order valence-corrected chi connectivity index (χ0v) is 13.1. The Balaban J connectivity index is 1.86. The van der Waals surface area contributed by atoms with Crippen molar-refractivity contribution in [1.82, 2.24) is 5.32 Å². The minimum atomic E-state index is -3.00. The van der Waals surface area contributed by atoms with E-state index in [2.05, 4.69) is 17.6 Å². The Morgan fingerprint density at radius 1 is 1.33 bits per heavy atom. The van der Waals surface area contributed by atoms with Crippen molar-refractivity contribution in [2.24, 2.45) is 0 Å². The molecule has 0 spiro atoms. The first-order valence-corrected chi connectivity index (χ1v) is 9.13. The number of hydrogen-bond acceptors (Lipinski definition) is 4. The molecular weight excluding hydrogens is 288 g/mol. The summed E-state index contributed by atoms with van der Waals surface area (Å²) in [4.78, 5) is 12.0. The Morgan fingerprint density at radius 3 is 2.67 bits per heavy atom. The van der Waals surface area contributed by atoms with E-state index in [0.717, 1.165) is 18.5 Å². The van der Waals surface area contributed by atoms with Crippen molar-refractivity contribution in [3.05, 3.63) is 29.8 Å². The smallest absolute Gasteiger partial charge is 0.225 e. The number of carbonyl (C=O) groups excluding carboxylic acids is 1. The van der Waals surface area contributed by atoms with Crippen LogP contribution in [0.2, 0.25) is 0 Å². The van der Waals surface area contributed by atoms with Gasteiger partial charge in [0.1, 0.15) is 0 Å². The van der Waals surface area contributed by atoms with E-state index in [9.17, 15) is 13.2 Å². The van der Waals surface area contributed by atoms with Gasteiger partial charge in [-0.25, -0.2) is 8.42 Å². The van der Waals surface area contributed by atoms with Crippen LogP contribution in [0, 0.1) is 0 Å². The molecule has 1 aromatic rings. The molecule has 1 aromatic carbocycles. The van der Waals surface area contributed by atoms with Crippen LogP contribution in [0.1, 0.15) is 25.3 Å². The van der Waals surface area contributed by atoms with Gasteiger partial charge in [0.2, 0.25) is 5.91 Å². The van der Waals surface area contributed by atoms with E-state index in [1.165, 1.54) is 5.56 Å². The lowest BCUT2D eigenvalue weighted by atomic mass is 10.1. The monoisotopic (exact) mass is 310 g/mol. The van der Waals surface area contributed by atoms with Crippen LogP contribution >= 0.6 is 0 Å². The fourth-order valence-corrected chi connectivity index (χ4v) is 3.92. The number of rotatable bonds is 5. The Bertz CT molecular complexity index is 581. The number of aryl methyl sites for hydroxylation is 1. The first-order chi connectivity index (χ1) is 9.98. The van der Waals surface area contributed by atoms with Crippen molar-refractivity contribution >= 4 is 21.4 Å². The molecule has 1 amide bonds. The van der Waals surface area contributed by atoms with E-state index >= 15 is 0 Å². The number of hydrogen-bond donors (Lipinski definition) is 2. The Morgan fingerprint density at radius 2 is 2.05 bits per heavy atom. The molecule has 21 heavy (non-hydrogen) atoms. The zero-order valence-electron chi connectivity index (χ0n) is 12.3. The minimum absolute atomic E-state index is 0.0376. The maximum atomic E-state index is 12.0. The van der Waals surface area contributed by atoms with Gasteiger partial charge in [0.25, 0.3) is 0 Å². The molecule has 5 nitrogen and oxygen atoms in total. The van der Waals surface area contributed by atoms with Gasteiger partial charge < -0.3 is 10.6 Å². The van der Waals surface area contributed by atoms with Crippen molar-refractivity contribution < 1.29 is 13.2 Å². The summed E-state index contributed by atoms with van der Waals surface area (Å²) in [5, 5.41) is 5.89. The summed E-state index contributed by atoms with van der Waals surface area (Å²) in [6.07, 6.45) is 2.29. The van der Waals surface area contributed by atoms with Crippen LogP contribution < -0.4 is 10.6 Å². The van der Waals surface area contributed by atoms with Gasteiger partial charge in [-0.2, -0.15) is 0 Å². The van der Waals surface area contributed by atoms with Gasteiger partial charge in [0, 0.05) is 24.7 Å². The number of sulfone groups is 1. The predicted molar refractivity (Wildman–Crippen MR) is 84.1 cm³/mol. The van der Waals surface area contributed by atoms with Gasteiger partial charge in [0.15, 0.2) is 9.84 Å². The molecule has 1 fully saturated rings. The molecule has 0 aromatic heterocycles. The van der Waals surface area contributed by atoms with Crippen LogP contribution in [-0.2, 0) is 21.1 Å². The summed E-state index contributed by atoms with van der Waals surface area (Å²) in [7, 11) is -3.00. The summed E-state index contributed by atoms with van der Waals surface area (Å²) in [5.74, 6) is 0.0349. The zero-order chi connectivity index (χ0) is 15.3. The second kappa shape index (κ2) is 7.04. The van der Waals surface area contributed by atoms with Gasteiger partial charge in [-0.1, -0.05) is 25.5 Å². The van der Waals surface area contributed by atoms with E-state index in [1.807, 2.05) is 24.3 Å². The van der Waals surface area contributed by atoms with Crippen LogP contribution in [-0.4, -0.2) is 38.4 Å². The fourth-order valence-electron chi connectivity index (χ4n) is 2.48. The highest BCUT2D eigenvalue weighted by Crippen LogP contribution is 2.12. The van der Waals surface area contributed by atoms with Crippen molar-refractivity contribution in [3.63, 3.8) is 0 Å². The van der Waals surface area contributed by atoms with E-state index in [-0.39, 0.29) is 29.9 Å². The van der Waals surface area contributed by atoms with Crippen molar-refractivity contribution in [2.75, 3.05) is 23.4 Å². The third-order valence-electron chi connectivity index (χ3n) is 3.51. The van der Waals surface area contributed by atoms with Gasteiger partial charge in [-0.15, -0.1) is 0 Å². The third-order valence-corrected chi connectivity index (χ3v) is 5.25. The molecule has 2 N–H and O–H groups in total. The summed E-state index contributed by atoms with van der Waals surface area (Å²) in [6, 6.07) is 7.48. The molecule has 1 unspecified atom stereocenters. The highest BCUT2D eigenvalue weighted by Gasteiger charge is 2.25. The number of benzene rings is 1. The first kappa shape index (κ1) is 16.0. The maximum Gasteiger partial charge on any atom is 0.225 e. The third kappa shape index (κ3) is 5.13.